The lowest BCUT2D eigenvalue weighted by Crippen LogP contribution is -2.48. The van der Waals surface area contributed by atoms with Crippen molar-refractivity contribution in [3.8, 4) is 5.75 Å². The van der Waals surface area contributed by atoms with Gasteiger partial charge in [-0.2, -0.15) is 0 Å². The first-order valence-electron chi connectivity index (χ1n) is 12.4. The maximum atomic E-state index is 13.9. The van der Waals surface area contributed by atoms with Crippen LogP contribution in [0.1, 0.15) is 16.1 Å². The average molecular weight is 590 g/mol. The van der Waals surface area contributed by atoms with Crippen LogP contribution in [0.3, 0.4) is 0 Å². The van der Waals surface area contributed by atoms with E-state index in [1.165, 1.54) is 47.6 Å². The van der Waals surface area contributed by atoms with Crippen LogP contribution in [0.5, 0.6) is 5.75 Å². The molecule has 0 radical (unpaired) electrons. The van der Waals surface area contributed by atoms with Crippen LogP contribution >= 0.6 is 0 Å². The first kappa shape index (κ1) is 28.2. The monoisotopic (exact) mass is 589 g/mol. The second-order valence-electron chi connectivity index (χ2n) is 9.20. The van der Waals surface area contributed by atoms with Crippen molar-refractivity contribution >= 4 is 32.5 Å². The maximum absolute atomic E-state index is 13.9. The number of carbonyl (C=O) groups is 1. The van der Waals surface area contributed by atoms with E-state index >= 15 is 0 Å². The van der Waals surface area contributed by atoms with Gasteiger partial charge in [-0.05, 0) is 42.5 Å². The Balaban J connectivity index is 1.35. The molecule has 1 aliphatic heterocycles. The molecule has 1 fully saturated rings. The number of hydrogen-bond acceptors (Lipinski definition) is 7. The van der Waals surface area contributed by atoms with Gasteiger partial charge in [-0.15, -0.1) is 13.2 Å². The number of ether oxygens (including phenoxy) is 1. The first-order chi connectivity index (χ1) is 19.5. The van der Waals surface area contributed by atoms with E-state index in [1.807, 2.05) is 4.90 Å². The number of alkyl halides is 3. The van der Waals surface area contributed by atoms with Crippen LogP contribution in [0.15, 0.2) is 78.0 Å². The van der Waals surface area contributed by atoms with Gasteiger partial charge in [-0.25, -0.2) is 12.8 Å². The molecule has 9 nitrogen and oxygen atoms in total. The van der Waals surface area contributed by atoms with E-state index in [1.54, 1.807) is 18.2 Å². The number of nitrogens with zero attached hydrogens (tertiary/aromatic N) is 4. The number of piperazine rings is 1. The molecular weight excluding hydrogens is 566 g/mol. The number of fused-ring (bicyclic) bond motifs is 1. The molecule has 0 aliphatic carbocycles. The Kier molecular flexibility index (Phi) is 7.78. The quantitative estimate of drug-likeness (QED) is 0.318. The lowest BCUT2D eigenvalue weighted by molar-refractivity contribution is -0.274. The number of aromatic nitrogens is 2. The molecule has 1 aliphatic rings. The van der Waals surface area contributed by atoms with Gasteiger partial charge in [0.2, 0.25) is 0 Å². The molecule has 214 valence electrons. The summed E-state index contributed by atoms with van der Waals surface area (Å²) < 4.78 is 86.4. The Labute approximate surface area is 232 Å². The first-order valence-corrected chi connectivity index (χ1v) is 13.9. The normalized spacial score (nSPS) is 14.7. The van der Waals surface area contributed by atoms with Crippen LogP contribution in [0.25, 0.3) is 10.9 Å². The number of rotatable bonds is 7. The van der Waals surface area contributed by atoms with E-state index in [9.17, 15) is 30.8 Å². The number of sulfonamides is 1. The Hall–Kier alpha value is -4.30. The maximum Gasteiger partial charge on any atom is 0.573 e. The molecule has 5 rings (SSSR count). The molecule has 1 saturated heterocycles. The second-order valence-corrected chi connectivity index (χ2v) is 10.8. The molecule has 4 aromatic rings. The molecule has 41 heavy (non-hydrogen) atoms. The van der Waals surface area contributed by atoms with Gasteiger partial charge < -0.3 is 9.64 Å². The van der Waals surface area contributed by atoms with Crippen LogP contribution in [0.4, 0.5) is 23.2 Å². The lowest BCUT2D eigenvalue weighted by Gasteiger charge is -2.34. The summed E-state index contributed by atoms with van der Waals surface area (Å²) in [6, 6.07) is 13.6. The minimum atomic E-state index is -5.16. The number of pyridine rings is 2. The summed E-state index contributed by atoms with van der Waals surface area (Å²) in [6.07, 6.45) is -2.27. The largest absolute Gasteiger partial charge is 0.573 e. The summed E-state index contributed by atoms with van der Waals surface area (Å²) >= 11 is 0. The number of hydrogen-bond donors (Lipinski definition) is 1. The molecular formula is C27H23F4N5O4S. The fraction of sp³-hybridized carbons (Fsp3) is 0.222. The number of anilines is 1. The topological polar surface area (TPSA) is 105 Å². The number of carbonyl (C=O) groups excluding carboxylic acids is 1. The predicted molar refractivity (Wildman–Crippen MR) is 141 cm³/mol. The number of benzene rings is 2. The van der Waals surface area contributed by atoms with Crippen molar-refractivity contribution in [1.29, 1.82) is 0 Å². The van der Waals surface area contributed by atoms with Crippen molar-refractivity contribution in [3.63, 3.8) is 0 Å². The molecule has 0 saturated carbocycles. The highest BCUT2D eigenvalue weighted by molar-refractivity contribution is 7.93. The highest BCUT2D eigenvalue weighted by Crippen LogP contribution is 2.34. The predicted octanol–water partition coefficient (Wildman–Crippen LogP) is 4.43. The van der Waals surface area contributed by atoms with E-state index in [0.717, 1.165) is 12.1 Å². The average Bonchev–Trinajstić information content (AvgIpc) is 2.94. The van der Waals surface area contributed by atoms with E-state index < -0.39 is 39.5 Å². The Morgan fingerprint density at radius 2 is 1.66 bits per heavy atom. The fourth-order valence-corrected chi connectivity index (χ4v) is 5.73. The van der Waals surface area contributed by atoms with E-state index in [-0.39, 0.29) is 41.3 Å². The minimum Gasteiger partial charge on any atom is -0.404 e. The number of para-hydroxylation sites is 1. The number of amides is 1. The molecule has 0 spiro atoms. The zero-order valence-electron chi connectivity index (χ0n) is 21.3. The fourth-order valence-electron chi connectivity index (χ4n) is 4.48. The lowest BCUT2D eigenvalue weighted by atomic mass is 10.1. The molecule has 0 atom stereocenters. The molecule has 1 N–H and O–H groups in total. The third kappa shape index (κ3) is 6.55. The number of nitrogens with one attached hydrogen (secondary N) is 1. The molecule has 2 aromatic heterocycles. The summed E-state index contributed by atoms with van der Waals surface area (Å²) in [4.78, 5) is 24.4. The molecule has 3 heterocycles. The molecule has 1 amide bonds. The smallest absolute Gasteiger partial charge is 0.404 e. The van der Waals surface area contributed by atoms with Crippen molar-refractivity contribution < 1.29 is 35.5 Å². The highest BCUT2D eigenvalue weighted by Gasteiger charge is 2.34. The zero-order valence-corrected chi connectivity index (χ0v) is 22.1. The molecule has 2 aromatic carbocycles. The van der Waals surface area contributed by atoms with Crippen molar-refractivity contribution in [1.82, 2.24) is 19.8 Å². The Morgan fingerprint density at radius 3 is 2.39 bits per heavy atom. The van der Waals surface area contributed by atoms with Gasteiger partial charge in [0.1, 0.15) is 10.7 Å². The number of halogens is 4. The van der Waals surface area contributed by atoms with E-state index in [2.05, 4.69) is 19.4 Å². The summed E-state index contributed by atoms with van der Waals surface area (Å²) in [5.74, 6) is -1.88. The van der Waals surface area contributed by atoms with Gasteiger partial charge in [0.05, 0.1) is 16.9 Å². The summed E-state index contributed by atoms with van der Waals surface area (Å²) in [7, 11) is -4.40. The molecule has 0 bridgehead atoms. The summed E-state index contributed by atoms with van der Waals surface area (Å²) in [6.45, 7) is 1.52. The van der Waals surface area contributed by atoms with Gasteiger partial charge >= 0.3 is 6.36 Å². The third-order valence-corrected chi connectivity index (χ3v) is 7.85. The van der Waals surface area contributed by atoms with E-state index in [4.69, 9.17) is 0 Å². The van der Waals surface area contributed by atoms with Crippen molar-refractivity contribution in [2.24, 2.45) is 0 Å². The van der Waals surface area contributed by atoms with Crippen molar-refractivity contribution in [2.75, 3.05) is 30.9 Å². The van der Waals surface area contributed by atoms with Crippen molar-refractivity contribution in [2.45, 2.75) is 17.8 Å². The zero-order chi connectivity index (χ0) is 29.2. The SMILES string of the molecule is O=C(c1ccc(NS(=O)(=O)c2cccc3cccnc23)c(OC(F)(F)F)c1)N1CCN(Cc2ncccc2F)CC1. The van der Waals surface area contributed by atoms with Gasteiger partial charge in [0, 0.05) is 56.1 Å². The third-order valence-electron chi connectivity index (χ3n) is 6.45. The van der Waals surface area contributed by atoms with Gasteiger partial charge in [-0.1, -0.05) is 18.2 Å². The Morgan fingerprint density at radius 1 is 0.951 bits per heavy atom. The summed E-state index contributed by atoms with van der Waals surface area (Å²) in [5, 5.41) is 0.522. The van der Waals surface area contributed by atoms with Crippen LogP contribution in [-0.2, 0) is 16.6 Å². The van der Waals surface area contributed by atoms with Crippen LogP contribution in [0, 0.1) is 5.82 Å². The highest BCUT2D eigenvalue weighted by atomic mass is 32.2. The van der Waals surface area contributed by atoms with Crippen molar-refractivity contribution in [3.05, 3.63) is 90.1 Å². The van der Waals surface area contributed by atoms with Crippen LogP contribution in [0.2, 0.25) is 0 Å². The van der Waals surface area contributed by atoms with Crippen LogP contribution in [-0.4, -0.2) is 66.6 Å². The molecule has 0 unspecified atom stereocenters. The van der Waals surface area contributed by atoms with Gasteiger partial charge in [0.25, 0.3) is 15.9 Å². The van der Waals surface area contributed by atoms with E-state index in [0.29, 0.717) is 18.5 Å². The van der Waals surface area contributed by atoms with Gasteiger partial charge in [0.15, 0.2) is 5.75 Å². The second kappa shape index (κ2) is 11.3. The molecule has 14 heteroatoms. The summed E-state index contributed by atoms with van der Waals surface area (Å²) in [5.41, 5.74) is -0.215. The Bertz CT molecular complexity index is 1690. The van der Waals surface area contributed by atoms with Gasteiger partial charge in [-0.3, -0.25) is 24.4 Å². The standard InChI is InChI=1S/C27H23F4N5O4S/c28-20-6-3-10-32-22(20)17-35-12-14-36(15-13-35)26(37)19-8-9-21(23(16-19)40-27(29,30)31)34-41(38,39)24-7-1-4-18-5-2-11-33-25(18)24/h1-11,16,34H,12-15,17H2. The minimum absolute atomic E-state index is 0.122. The van der Waals surface area contributed by atoms with Crippen LogP contribution < -0.4 is 9.46 Å².